The fourth-order valence-electron chi connectivity index (χ4n) is 3.48. The molecule has 1 aliphatic heterocycles. The van der Waals surface area contributed by atoms with Crippen molar-refractivity contribution >= 4 is 15.6 Å². The minimum absolute atomic E-state index is 0.0126. The maximum Gasteiger partial charge on any atom is 0.417 e. The zero-order chi connectivity index (χ0) is 22.8. The maximum atomic E-state index is 13.3. The van der Waals surface area contributed by atoms with E-state index in [1.807, 2.05) is 0 Å². The Kier molecular flexibility index (Phi) is 6.51. The van der Waals surface area contributed by atoms with Crippen molar-refractivity contribution in [1.29, 1.82) is 0 Å². The first-order valence-electron chi connectivity index (χ1n) is 9.29. The lowest BCUT2D eigenvalue weighted by molar-refractivity contribution is -0.139. The molecule has 1 aliphatic rings. The second-order valence-corrected chi connectivity index (χ2v) is 8.65. The van der Waals surface area contributed by atoms with Gasteiger partial charge in [-0.3, -0.25) is 0 Å². The van der Waals surface area contributed by atoms with E-state index in [0.717, 1.165) is 28.1 Å². The van der Waals surface area contributed by atoms with Crippen LogP contribution in [0.25, 0.3) is 5.57 Å². The van der Waals surface area contributed by atoms with Gasteiger partial charge in [0.25, 0.3) is 0 Å². The normalized spacial score (nSPS) is 15.4. The second kappa shape index (κ2) is 8.80. The van der Waals surface area contributed by atoms with Gasteiger partial charge in [-0.15, -0.1) is 0 Å². The highest BCUT2D eigenvalue weighted by atomic mass is 32.2. The topological polar surface area (TPSA) is 65.1 Å². The van der Waals surface area contributed by atoms with Crippen molar-refractivity contribution in [2.75, 3.05) is 34.4 Å². The lowest BCUT2D eigenvalue weighted by atomic mass is 9.98. The van der Waals surface area contributed by atoms with Crippen LogP contribution in [-0.2, 0) is 16.2 Å². The van der Waals surface area contributed by atoms with E-state index in [4.69, 9.17) is 14.2 Å². The summed E-state index contributed by atoms with van der Waals surface area (Å²) < 4.78 is 83.0. The lowest BCUT2D eigenvalue weighted by Gasteiger charge is -2.28. The van der Waals surface area contributed by atoms with Gasteiger partial charge < -0.3 is 14.2 Å². The molecular formula is C21H22F3NO5S. The highest BCUT2D eigenvalue weighted by molar-refractivity contribution is 7.89. The average molecular weight is 457 g/mol. The molecule has 2 aromatic carbocycles. The van der Waals surface area contributed by atoms with Crippen molar-refractivity contribution in [1.82, 2.24) is 4.31 Å². The standard InChI is InChI=1S/C21H22F3NO5S/c1-28-15-12-17(29-2)20(18(13-15)30-3)14-8-10-25(11-9-14)31(26,27)19-7-5-4-6-16(19)21(22,23)24/h4-8,12-13H,9-11H2,1-3H3. The third-order valence-electron chi connectivity index (χ3n) is 5.02. The van der Waals surface area contributed by atoms with E-state index in [9.17, 15) is 21.6 Å². The van der Waals surface area contributed by atoms with Crippen LogP contribution < -0.4 is 14.2 Å². The Morgan fingerprint density at radius 3 is 2.06 bits per heavy atom. The molecule has 1 heterocycles. The summed E-state index contributed by atoms with van der Waals surface area (Å²) in [5.74, 6) is 1.50. The monoisotopic (exact) mass is 457 g/mol. The van der Waals surface area contributed by atoms with Crippen LogP contribution in [0.2, 0.25) is 0 Å². The fourth-order valence-corrected chi connectivity index (χ4v) is 5.08. The number of rotatable bonds is 6. The van der Waals surface area contributed by atoms with Crippen LogP contribution in [0.4, 0.5) is 13.2 Å². The van der Waals surface area contributed by atoms with Crippen molar-refractivity contribution < 1.29 is 35.8 Å². The molecule has 6 nitrogen and oxygen atoms in total. The Labute approximate surface area is 178 Å². The largest absolute Gasteiger partial charge is 0.496 e. The molecular weight excluding hydrogens is 435 g/mol. The second-order valence-electron chi connectivity index (χ2n) is 6.74. The predicted molar refractivity (Wildman–Crippen MR) is 109 cm³/mol. The zero-order valence-electron chi connectivity index (χ0n) is 17.2. The number of nitrogens with zero attached hydrogens (tertiary/aromatic N) is 1. The van der Waals surface area contributed by atoms with Crippen LogP contribution >= 0.6 is 0 Å². The number of sulfonamides is 1. The van der Waals surface area contributed by atoms with E-state index in [2.05, 4.69) is 0 Å². The third-order valence-corrected chi connectivity index (χ3v) is 6.94. The van der Waals surface area contributed by atoms with Gasteiger partial charge in [0.2, 0.25) is 10.0 Å². The van der Waals surface area contributed by atoms with Crippen LogP contribution in [0, 0.1) is 0 Å². The smallest absolute Gasteiger partial charge is 0.417 e. The molecule has 3 rings (SSSR count). The van der Waals surface area contributed by atoms with Crippen molar-refractivity contribution in [3.05, 3.63) is 53.6 Å². The molecule has 168 valence electrons. The van der Waals surface area contributed by atoms with Crippen molar-refractivity contribution in [2.24, 2.45) is 0 Å². The summed E-state index contributed by atoms with van der Waals surface area (Å²) in [5.41, 5.74) is 0.244. The number of hydrogen-bond donors (Lipinski definition) is 0. The average Bonchev–Trinajstić information content (AvgIpc) is 2.77. The van der Waals surface area contributed by atoms with Gasteiger partial charge in [0.15, 0.2) is 0 Å². The van der Waals surface area contributed by atoms with Crippen LogP contribution in [0.5, 0.6) is 17.2 Å². The summed E-state index contributed by atoms with van der Waals surface area (Å²) in [6.07, 6.45) is -2.85. The maximum absolute atomic E-state index is 13.3. The first-order chi connectivity index (χ1) is 14.6. The molecule has 0 unspecified atom stereocenters. The van der Waals surface area contributed by atoms with E-state index >= 15 is 0 Å². The molecule has 0 saturated heterocycles. The molecule has 0 spiro atoms. The van der Waals surface area contributed by atoms with Crippen molar-refractivity contribution in [2.45, 2.75) is 17.5 Å². The summed E-state index contributed by atoms with van der Waals surface area (Å²) in [7, 11) is 0.156. The Balaban J connectivity index is 1.96. The van der Waals surface area contributed by atoms with Gasteiger partial charge in [0.1, 0.15) is 17.2 Å². The van der Waals surface area contributed by atoms with E-state index in [-0.39, 0.29) is 19.5 Å². The van der Waals surface area contributed by atoms with Gasteiger partial charge in [-0.1, -0.05) is 18.2 Å². The summed E-state index contributed by atoms with van der Waals surface area (Å²) in [6, 6.07) is 7.56. The van der Waals surface area contributed by atoms with E-state index < -0.39 is 26.7 Å². The van der Waals surface area contributed by atoms with Gasteiger partial charge in [-0.2, -0.15) is 17.5 Å². The molecule has 31 heavy (non-hydrogen) atoms. The van der Waals surface area contributed by atoms with Gasteiger partial charge in [-0.05, 0) is 24.1 Å². The van der Waals surface area contributed by atoms with Gasteiger partial charge in [-0.25, -0.2) is 8.42 Å². The SMILES string of the molecule is COc1cc(OC)c(C2=CCN(S(=O)(=O)c3ccccc3C(F)(F)F)CC2)c(OC)c1. The summed E-state index contributed by atoms with van der Waals surface area (Å²) in [5, 5.41) is 0. The quantitative estimate of drug-likeness (QED) is 0.650. The molecule has 0 N–H and O–H groups in total. The van der Waals surface area contributed by atoms with Crippen LogP contribution in [0.1, 0.15) is 17.5 Å². The lowest BCUT2D eigenvalue weighted by Crippen LogP contribution is -2.35. The summed E-state index contributed by atoms with van der Waals surface area (Å²) in [6.45, 7) is -0.0686. The Morgan fingerprint density at radius 2 is 1.58 bits per heavy atom. The molecule has 0 fully saturated rings. The first kappa shape index (κ1) is 23.0. The Morgan fingerprint density at radius 1 is 0.968 bits per heavy atom. The Hall–Kier alpha value is -2.72. The van der Waals surface area contributed by atoms with Crippen LogP contribution in [0.15, 0.2) is 47.4 Å². The van der Waals surface area contributed by atoms with Crippen molar-refractivity contribution in [3.63, 3.8) is 0 Å². The number of alkyl halides is 3. The summed E-state index contributed by atoms with van der Waals surface area (Å²) in [4.78, 5) is -0.751. The van der Waals surface area contributed by atoms with E-state index in [0.29, 0.717) is 22.8 Å². The fraction of sp³-hybridized carbons (Fsp3) is 0.333. The molecule has 10 heteroatoms. The van der Waals surface area contributed by atoms with E-state index in [1.165, 1.54) is 27.4 Å². The zero-order valence-corrected chi connectivity index (χ0v) is 18.0. The molecule has 0 bridgehead atoms. The van der Waals surface area contributed by atoms with Gasteiger partial charge in [0, 0.05) is 25.2 Å². The molecule has 0 aromatic heterocycles. The van der Waals surface area contributed by atoms with E-state index in [1.54, 1.807) is 18.2 Å². The number of methoxy groups -OCH3 is 3. The molecule has 0 radical (unpaired) electrons. The number of hydrogen-bond acceptors (Lipinski definition) is 5. The number of benzene rings is 2. The predicted octanol–water partition coefficient (Wildman–Crippen LogP) is 4.21. The number of ether oxygens (including phenoxy) is 3. The molecule has 0 aliphatic carbocycles. The Bertz CT molecular complexity index is 1070. The minimum atomic E-state index is -4.77. The molecule has 0 atom stereocenters. The highest BCUT2D eigenvalue weighted by Gasteiger charge is 2.39. The van der Waals surface area contributed by atoms with Crippen LogP contribution in [0.3, 0.4) is 0 Å². The first-order valence-corrected chi connectivity index (χ1v) is 10.7. The minimum Gasteiger partial charge on any atom is -0.496 e. The van der Waals surface area contributed by atoms with Crippen LogP contribution in [-0.4, -0.2) is 47.1 Å². The third kappa shape index (κ3) is 4.49. The van der Waals surface area contributed by atoms with Gasteiger partial charge in [0.05, 0.1) is 37.4 Å². The summed E-state index contributed by atoms with van der Waals surface area (Å²) >= 11 is 0. The van der Waals surface area contributed by atoms with Crippen molar-refractivity contribution in [3.8, 4) is 17.2 Å². The molecule has 2 aromatic rings. The molecule has 0 saturated carbocycles. The number of halogens is 3. The van der Waals surface area contributed by atoms with Gasteiger partial charge >= 0.3 is 6.18 Å². The highest BCUT2D eigenvalue weighted by Crippen LogP contribution is 2.42. The molecule has 0 amide bonds.